The molecular formula is C8H3Cl3N4O4S. The van der Waals surface area contributed by atoms with Gasteiger partial charge in [0.1, 0.15) is 0 Å². The van der Waals surface area contributed by atoms with Gasteiger partial charge < -0.3 is 0 Å². The second-order valence-corrected chi connectivity index (χ2v) is 7.56. The van der Waals surface area contributed by atoms with Gasteiger partial charge in [-0.1, -0.05) is 34.8 Å². The summed E-state index contributed by atoms with van der Waals surface area (Å²) in [4.78, 5) is 20.0. The highest BCUT2D eigenvalue weighted by Crippen LogP contribution is 2.41. The Morgan fingerprint density at radius 3 is 2.20 bits per heavy atom. The van der Waals surface area contributed by atoms with Crippen molar-refractivity contribution < 1.29 is 9.85 Å². The molecule has 1 aromatic heterocycles. The molecule has 0 saturated heterocycles. The first-order valence-corrected chi connectivity index (χ1v) is 6.66. The van der Waals surface area contributed by atoms with Crippen LogP contribution in [-0.2, 0) is 0 Å². The van der Waals surface area contributed by atoms with E-state index >= 15 is 0 Å². The van der Waals surface area contributed by atoms with Gasteiger partial charge in [-0.25, -0.2) is 4.09 Å². The molecule has 8 nitrogen and oxygen atoms in total. The number of halogens is 3. The first kappa shape index (κ1) is 15.1. The zero-order chi connectivity index (χ0) is 15.1. The van der Waals surface area contributed by atoms with Crippen LogP contribution < -0.4 is 0 Å². The van der Waals surface area contributed by atoms with Crippen molar-refractivity contribution in [3.63, 3.8) is 0 Å². The number of benzene rings is 1. The summed E-state index contributed by atoms with van der Waals surface area (Å²) in [5.74, 6) is 0. The van der Waals surface area contributed by atoms with E-state index in [1.807, 2.05) is 0 Å². The van der Waals surface area contributed by atoms with Crippen LogP contribution in [0, 0.1) is 20.2 Å². The highest BCUT2D eigenvalue weighted by molar-refractivity contribution is 8.03. The van der Waals surface area contributed by atoms with Gasteiger partial charge in [0.25, 0.3) is 3.12 Å². The van der Waals surface area contributed by atoms with E-state index in [9.17, 15) is 20.2 Å². The van der Waals surface area contributed by atoms with Gasteiger partial charge in [0, 0.05) is 23.4 Å². The van der Waals surface area contributed by atoms with Crippen LogP contribution in [0.3, 0.4) is 0 Å². The number of alkyl halides is 3. The van der Waals surface area contributed by atoms with E-state index in [1.165, 1.54) is 6.20 Å². The molecule has 0 aliphatic heterocycles. The van der Waals surface area contributed by atoms with Crippen molar-refractivity contribution in [1.82, 2.24) is 9.19 Å². The molecule has 106 valence electrons. The van der Waals surface area contributed by atoms with Gasteiger partial charge in [0.15, 0.2) is 0 Å². The standard InChI is InChI=1S/C8H3Cl3N4O4S/c9-8(10,11)20-13-5-2-7(15(18)19)6(14(16)17)1-4(5)3-12-13/h1-3H. The van der Waals surface area contributed by atoms with Crippen LogP contribution in [0.5, 0.6) is 0 Å². The molecule has 12 heteroatoms. The van der Waals surface area contributed by atoms with Crippen LogP contribution in [0.4, 0.5) is 11.4 Å². The summed E-state index contributed by atoms with van der Waals surface area (Å²) in [5.41, 5.74) is -1.05. The van der Waals surface area contributed by atoms with Crippen molar-refractivity contribution in [2.24, 2.45) is 0 Å². The summed E-state index contributed by atoms with van der Waals surface area (Å²) in [6.45, 7) is 0. The molecule has 0 radical (unpaired) electrons. The summed E-state index contributed by atoms with van der Waals surface area (Å²) in [5, 5.41) is 25.9. The molecule has 0 aliphatic carbocycles. The lowest BCUT2D eigenvalue weighted by Gasteiger charge is -2.09. The molecule has 0 unspecified atom stereocenters. The average Bonchev–Trinajstić information content (AvgIpc) is 2.68. The molecule has 20 heavy (non-hydrogen) atoms. The molecule has 1 aromatic carbocycles. The Kier molecular flexibility index (Phi) is 3.96. The van der Waals surface area contributed by atoms with Crippen LogP contribution in [0.1, 0.15) is 0 Å². The molecule has 0 fully saturated rings. The molecule has 0 atom stereocenters. The summed E-state index contributed by atoms with van der Waals surface area (Å²) in [7, 11) is 0. The predicted molar refractivity (Wildman–Crippen MR) is 76.3 cm³/mol. The number of aromatic nitrogens is 2. The molecule has 0 spiro atoms. The lowest BCUT2D eigenvalue weighted by molar-refractivity contribution is -0.422. The van der Waals surface area contributed by atoms with Crippen molar-refractivity contribution in [2.75, 3.05) is 0 Å². The van der Waals surface area contributed by atoms with Gasteiger partial charge in [0.05, 0.1) is 27.6 Å². The van der Waals surface area contributed by atoms with Gasteiger partial charge in [-0.05, 0) is 0 Å². The maximum absolute atomic E-state index is 10.9. The third-order valence-electron chi connectivity index (χ3n) is 2.22. The highest BCUT2D eigenvalue weighted by atomic mass is 35.6. The predicted octanol–water partition coefficient (Wildman–Crippen LogP) is 3.68. The van der Waals surface area contributed by atoms with Crippen LogP contribution in [-0.4, -0.2) is 22.2 Å². The fraction of sp³-hybridized carbons (Fsp3) is 0.125. The van der Waals surface area contributed by atoms with Crippen molar-refractivity contribution in [3.8, 4) is 0 Å². The first-order valence-electron chi connectivity index (χ1n) is 4.76. The fourth-order valence-corrected chi connectivity index (χ4v) is 2.63. The second kappa shape index (κ2) is 5.24. The maximum Gasteiger partial charge on any atom is 0.348 e. The monoisotopic (exact) mass is 356 g/mol. The molecule has 0 saturated carbocycles. The maximum atomic E-state index is 10.9. The van der Waals surface area contributed by atoms with E-state index in [2.05, 4.69) is 5.10 Å². The molecule has 0 N–H and O–H groups in total. The normalized spacial score (nSPS) is 11.8. The summed E-state index contributed by atoms with van der Waals surface area (Å²) in [6, 6.07) is 2.07. The fourth-order valence-electron chi connectivity index (χ4n) is 1.49. The minimum atomic E-state index is -1.73. The van der Waals surface area contributed by atoms with Gasteiger partial charge >= 0.3 is 11.4 Å². The Hall–Kier alpha value is -1.29. The highest BCUT2D eigenvalue weighted by Gasteiger charge is 2.28. The SMILES string of the molecule is O=[N+]([O-])c1cc2cnn(SC(Cl)(Cl)Cl)c2cc1[N+](=O)[O-]. The minimum Gasteiger partial charge on any atom is -0.258 e. The smallest absolute Gasteiger partial charge is 0.258 e. The molecule has 1 heterocycles. The zero-order valence-corrected chi connectivity index (χ0v) is 12.3. The first-order chi connectivity index (χ1) is 9.19. The number of hydrogen-bond donors (Lipinski definition) is 0. The van der Waals surface area contributed by atoms with E-state index in [-0.39, 0.29) is 5.52 Å². The molecule has 0 bridgehead atoms. The number of nitro groups is 2. The van der Waals surface area contributed by atoms with Crippen LogP contribution in [0.2, 0.25) is 0 Å². The Morgan fingerprint density at radius 2 is 1.70 bits per heavy atom. The third-order valence-corrected chi connectivity index (χ3v) is 3.51. The molecule has 2 rings (SSSR count). The van der Waals surface area contributed by atoms with Crippen LogP contribution >= 0.6 is 46.8 Å². The van der Waals surface area contributed by atoms with E-state index < -0.39 is 24.3 Å². The molecule has 2 aromatic rings. The van der Waals surface area contributed by atoms with E-state index in [4.69, 9.17) is 34.8 Å². The Bertz CT molecular complexity index is 714. The number of nitro benzene ring substituents is 2. The number of fused-ring (bicyclic) bond motifs is 1. The average molecular weight is 358 g/mol. The summed E-state index contributed by atoms with van der Waals surface area (Å²) < 4.78 is -0.575. The van der Waals surface area contributed by atoms with E-state index in [1.54, 1.807) is 0 Å². The van der Waals surface area contributed by atoms with Crippen molar-refractivity contribution >= 4 is 69.0 Å². The Balaban J connectivity index is 2.65. The van der Waals surface area contributed by atoms with Crippen LogP contribution in [0.25, 0.3) is 10.9 Å². The van der Waals surface area contributed by atoms with Crippen molar-refractivity contribution in [2.45, 2.75) is 3.12 Å². The zero-order valence-electron chi connectivity index (χ0n) is 9.20. The Labute approximate surface area is 130 Å². The lowest BCUT2D eigenvalue weighted by atomic mass is 10.2. The third kappa shape index (κ3) is 3.06. The minimum absolute atomic E-state index is 0.235. The van der Waals surface area contributed by atoms with Crippen molar-refractivity contribution in [3.05, 3.63) is 38.6 Å². The molecule has 0 aliphatic rings. The van der Waals surface area contributed by atoms with Gasteiger partial charge in [-0.3, -0.25) is 20.2 Å². The van der Waals surface area contributed by atoms with E-state index in [0.717, 1.165) is 16.2 Å². The number of hydrogen-bond acceptors (Lipinski definition) is 6. The largest absolute Gasteiger partial charge is 0.348 e. The van der Waals surface area contributed by atoms with Gasteiger partial charge in [-0.2, -0.15) is 5.10 Å². The molecule has 0 amide bonds. The quantitative estimate of drug-likeness (QED) is 0.471. The topological polar surface area (TPSA) is 104 Å². The van der Waals surface area contributed by atoms with Gasteiger partial charge in [0.2, 0.25) is 0 Å². The summed E-state index contributed by atoms with van der Waals surface area (Å²) >= 11 is 17.5. The number of nitrogens with zero attached hydrogens (tertiary/aromatic N) is 4. The van der Waals surface area contributed by atoms with E-state index in [0.29, 0.717) is 17.3 Å². The van der Waals surface area contributed by atoms with Crippen molar-refractivity contribution in [1.29, 1.82) is 0 Å². The Morgan fingerprint density at radius 1 is 1.15 bits per heavy atom. The van der Waals surface area contributed by atoms with Gasteiger partial charge in [-0.15, -0.1) is 0 Å². The molecular weight excluding hydrogens is 355 g/mol. The summed E-state index contributed by atoms with van der Waals surface area (Å²) in [6.07, 6.45) is 1.29. The number of rotatable bonds is 3. The second-order valence-electron chi connectivity index (χ2n) is 3.47. The lowest BCUT2D eigenvalue weighted by Crippen LogP contribution is -2.02. The van der Waals surface area contributed by atoms with Crippen LogP contribution in [0.15, 0.2) is 18.3 Å².